The molecule has 1 spiro atoms. The lowest BCUT2D eigenvalue weighted by atomic mass is 9.64. The molecule has 11 aromatic carbocycles. The molecule has 1 aromatic heterocycles. The molecular formula is C72H57N3O. The number of fused-ring (bicyclic) bond motifs is 16. The lowest BCUT2D eigenvalue weighted by Crippen LogP contribution is -2.32. The maximum absolute atomic E-state index is 7.30. The van der Waals surface area contributed by atoms with E-state index in [-0.39, 0.29) is 10.8 Å². The van der Waals surface area contributed by atoms with E-state index in [1.807, 2.05) is 12.3 Å². The van der Waals surface area contributed by atoms with Crippen molar-refractivity contribution in [3.63, 3.8) is 0 Å². The molecule has 0 fully saturated rings. The molecule has 76 heavy (non-hydrogen) atoms. The maximum atomic E-state index is 7.30. The van der Waals surface area contributed by atoms with Crippen molar-refractivity contribution < 1.29 is 4.74 Å². The number of hydrogen-bond acceptors (Lipinski definition) is 4. The van der Waals surface area contributed by atoms with Crippen molar-refractivity contribution in [3.05, 3.63) is 270 Å². The van der Waals surface area contributed by atoms with Crippen LogP contribution in [0.3, 0.4) is 0 Å². The summed E-state index contributed by atoms with van der Waals surface area (Å²) in [6, 6.07) is 85.4. The first kappa shape index (κ1) is 45.6. The topological polar surface area (TPSA) is 28.6 Å². The van der Waals surface area contributed by atoms with E-state index in [1.165, 1.54) is 54.9 Å². The van der Waals surface area contributed by atoms with Gasteiger partial charge in [0, 0.05) is 56.8 Å². The zero-order valence-corrected chi connectivity index (χ0v) is 43.8. The Morgan fingerprint density at radius 1 is 0.368 bits per heavy atom. The minimum absolute atomic E-state index is 0.0126. The zero-order chi connectivity index (χ0) is 51.5. The highest BCUT2D eigenvalue weighted by molar-refractivity contribution is 6.20. The molecule has 14 rings (SSSR count). The van der Waals surface area contributed by atoms with E-state index in [9.17, 15) is 0 Å². The number of hydrogen-bond donors (Lipinski definition) is 0. The van der Waals surface area contributed by atoms with Gasteiger partial charge in [-0.15, -0.1) is 0 Å². The molecule has 4 heteroatoms. The Bertz CT molecular complexity index is 4180. The summed E-state index contributed by atoms with van der Waals surface area (Å²) in [6.07, 6.45) is 1.91. The molecule has 0 radical (unpaired) electrons. The standard InChI is InChI=1S/C72H57N3O/c1-70(2,3)49-27-31-53(32-28-49)74(51-21-9-7-10-22-51)55-35-37-59-61(43-55)57-25-15-16-26-58(57)68-60-38-36-56(75(52-23-11-8-12-24-52)54-33-29-50(30-34-54)71(4,5)6)44-62(60)72(69(59)68)63-40-46-18-13-14-19-47(46)41-66(63)76-67-42-48-20-17-39-73-65(48)45-64(67)72/h7-45H,1-6H3. The van der Waals surface area contributed by atoms with Gasteiger partial charge in [-0.3, -0.25) is 4.98 Å². The van der Waals surface area contributed by atoms with E-state index < -0.39 is 5.41 Å². The Balaban J connectivity index is 1.11. The molecule has 0 N–H and O–H groups in total. The van der Waals surface area contributed by atoms with Crippen molar-refractivity contribution in [1.29, 1.82) is 0 Å². The van der Waals surface area contributed by atoms with Crippen molar-refractivity contribution in [3.8, 4) is 22.6 Å². The summed E-state index contributed by atoms with van der Waals surface area (Å²) in [7, 11) is 0. The SMILES string of the molecule is CC(C)(C)c1ccc(N(c2ccccc2)c2ccc3c(c2)C2(c4cc5ccccc5cc4Oc4cc5cccnc5cc42)c2c-3c3ccccc3c3cc(N(c4ccccc4)c4ccc(C(C)(C)C)cc4)ccc23)cc1. The van der Waals surface area contributed by atoms with E-state index >= 15 is 0 Å². The molecule has 0 saturated heterocycles. The van der Waals surface area contributed by atoms with Gasteiger partial charge < -0.3 is 14.5 Å². The van der Waals surface area contributed by atoms with E-state index in [4.69, 9.17) is 9.72 Å². The van der Waals surface area contributed by atoms with Gasteiger partial charge >= 0.3 is 0 Å². The number of para-hydroxylation sites is 2. The molecule has 2 aliphatic rings. The predicted molar refractivity (Wildman–Crippen MR) is 318 cm³/mol. The third-order valence-corrected chi connectivity index (χ3v) is 16.2. The number of anilines is 6. The highest BCUT2D eigenvalue weighted by Gasteiger charge is 2.53. The largest absolute Gasteiger partial charge is 0.457 e. The average molecular weight is 980 g/mol. The fourth-order valence-electron chi connectivity index (χ4n) is 12.5. The van der Waals surface area contributed by atoms with E-state index in [2.05, 4.69) is 276 Å². The van der Waals surface area contributed by atoms with Crippen LogP contribution in [0.15, 0.2) is 237 Å². The Labute approximate surface area is 445 Å². The Hall–Kier alpha value is -8.99. The van der Waals surface area contributed by atoms with Gasteiger partial charge in [-0.2, -0.15) is 0 Å². The summed E-state index contributed by atoms with van der Waals surface area (Å²) < 4.78 is 7.30. The van der Waals surface area contributed by atoms with E-state index in [1.54, 1.807) is 0 Å². The summed E-state index contributed by atoms with van der Waals surface area (Å²) in [6.45, 7) is 13.7. The van der Waals surface area contributed by atoms with E-state index in [0.29, 0.717) is 0 Å². The summed E-state index contributed by atoms with van der Waals surface area (Å²) in [5, 5.41) is 8.12. The second kappa shape index (κ2) is 17.0. The third-order valence-electron chi connectivity index (χ3n) is 16.2. The second-order valence-corrected chi connectivity index (χ2v) is 22.8. The third kappa shape index (κ3) is 7.08. The van der Waals surface area contributed by atoms with Gasteiger partial charge in [-0.1, -0.05) is 169 Å². The molecule has 1 aliphatic heterocycles. The van der Waals surface area contributed by atoms with Gasteiger partial charge in [0.1, 0.15) is 11.5 Å². The molecule has 1 atom stereocenters. The lowest BCUT2D eigenvalue weighted by molar-refractivity contribution is 0.438. The molecule has 366 valence electrons. The number of pyridine rings is 1. The number of nitrogens with zero attached hydrogens (tertiary/aromatic N) is 3. The minimum Gasteiger partial charge on any atom is -0.457 e. The lowest BCUT2D eigenvalue weighted by Gasteiger charge is -2.41. The quantitative estimate of drug-likeness (QED) is 0.155. The van der Waals surface area contributed by atoms with Gasteiger partial charge in [-0.05, 0) is 180 Å². The zero-order valence-electron chi connectivity index (χ0n) is 43.8. The van der Waals surface area contributed by atoms with Crippen molar-refractivity contribution in [2.24, 2.45) is 0 Å². The summed E-state index contributed by atoms with van der Waals surface area (Å²) >= 11 is 0. The van der Waals surface area contributed by atoms with Gasteiger partial charge in [-0.25, -0.2) is 0 Å². The van der Waals surface area contributed by atoms with Gasteiger partial charge in [0.15, 0.2) is 0 Å². The fraction of sp³-hybridized carbons (Fsp3) is 0.125. The van der Waals surface area contributed by atoms with Crippen molar-refractivity contribution in [2.75, 3.05) is 9.80 Å². The smallest absolute Gasteiger partial charge is 0.132 e. The number of benzene rings is 11. The summed E-state index contributed by atoms with van der Waals surface area (Å²) in [5.74, 6) is 1.68. The van der Waals surface area contributed by atoms with Crippen LogP contribution < -0.4 is 14.5 Å². The first-order valence-electron chi connectivity index (χ1n) is 26.6. The van der Waals surface area contributed by atoms with Gasteiger partial charge in [0.25, 0.3) is 0 Å². The number of aromatic nitrogens is 1. The first-order chi connectivity index (χ1) is 36.9. The second-order valence-electron chi connectivity index (χ2n) is 22.8. The highest BCUT2D eigenvalue weighted by atomic mass is 16.5. The van der Waals surface area contributed by atoms with Crippen LogP contribution in [0, 0.1) is 0 Å². The Morgan fingerprint density at radius 3 is 1.47 bits per heavy atom. The molecule has 1 unspecified atom stereocenters. The molecule has 12 aromatic rings. The summed E-state index contributed by atoms with van der Waals surface area (Å²) in [4.78, 5) is 9.88. The molecule has 0 saturated carbocycles. The van der Waals surface area contributed by atoms with Crippen LogP contribution in [0.5, 0.6) is 11.5 Å². The highest BCUT2D eigenvalue weighted by Crippen LogP contribution is 2.66. The van der Waals surface area contributed by atoms with Crippen molar-refractivity contribution in [2.45, 2.75) is 57.8 Å². The van der Waals surface area contributed by atoms with Crippen molar-refractivity contribution >= 4 is 77.3 Å². The van der Waals surface area contributed by atoms with Gasteiger partial charge in [0.2, 0.25) is 0 Å². The average Bonchev–Trinajstić information content (AvgIpc) is 4.00. The van der Waals surface area contributed by atoms with Gasteiger partial charge in [0.05, 0.1) is 10.9 Å². The number of ether oxygens (including phenoxy) is 1. The molecule has 2 heterocycles. The molecule has 1 aliphatic carbocycles. The van der Waals surface area contributed by atoms with Crippen LogP contribution in [0.4, 0.5) is 34.1 Å². The molecule has 0 amide bonds. The summed E-state index contributed by atoms with van der Waals surface area (Å²) in [5.41, 5.74) is 16.3. The Kier molecular flexibility index (Phi) is 10.2. The minimum atomic E-state index is -0.872. The monoisotopic (exact) mass is 979 g/mol. The normalized spacial score (nSPS) is 14.6. The van der Waals surface area contributed by atoms with Crippen LogP contribution in [0.2, 0.25) is 0 Å². The molecule has 0 bridgehead atoms. The van der Waals surface area contributed by atoms with Crippen LogP contribution in [-0.2, 0) is 16.2 Å². The first-order valence-corrected chi connectivity index (χ1v) is 26.6. The molecular weight excluding hydrogens is 923 g/mol. The van der Waals surface area contributed by atoms with Crippen molar-refractivity contribution in [1.82, 2.24) is 4.98 Å². The fourth-order valence-corrected chi connectivity index (χ4v) is 12.5. The molecule has 4 nitrogen and oxygen atoms in total. The Morgan fingerprint density at radius 2 is 0.855 bits per heavy atom. The van der Waals surface area contributed by atoms with Crippen LogP contribution >= 0.6 is 0 Å². The maximum Gasteiger partial charge on any atom is 0.132 e. The van der Waals surface area contributed by atoms with Crippen LogP contribution in [-0.4, -0.2) is 4.98 Å². The number of rotatable bonds is 6. The van der Waals surface area contributed by atoms with Crippen LogP contribution in [0.1, 0.15) is 74.9 Å². The van der Waals surface area contributed by atoms with Crippen LogP contribution in [0.25, 0.3) is 54.3 Å². The van der Waals surface area contributed by atoms with E-state index in [0.717, 1.165) is 78.4 Å². The predicted octanol–water partition coefficient (Wildman–Crippen LogP) is 19.7.